The van der Waals surface area contributed by atoms with Crippen molar-refractivity contribution in [1.29, 1.82) is 5.26 Å². The van der Waals surface area contributed by atoms with Crippen LogP contribution >= 0.6 is 0 Å². The Labute approximate surface area is 169 Å². The summed E-state index contributed by atoms with van der Waals surface area (Å²) in [7, 11) is 0. The van der Waals surface area contributed by atoms with Crippen LogP contribution in [-0.4, -0.2) is 20.7 Å². The SMILES string of the molecule is Cc1cn2cc(-c3ccc4c(=O)n(C5CCB(C#N)CC5)ccc4c3)ccc2n1. The van der Waals surface area contributed by atoms with Gasteiger partial charge >= 0.3 is 0 Å². The van der Waals surface area contributed by atoms with Crippen molar-refractivity contribution in [3.63, 3.8) is 0 Å². The fraction of sp³-hybridized carbons (Fsp3) is 0.261. The predicted molar refractivity (Wildman–Crippen MR) is 116 cm³/mol. The zero-order valence-corrected chi connectivity index (χ0v) is 16.4. The molecule has 0 saturated carbocycles. The van der Waals surface area contributed by atoms with Gasteiger partial charge in [-0.15, -0.1) is 0 Å². The first-order valence-electron chi connectivity index (χ1n) is 10.1. The lowest BCUT2D eigenvalue weighted by Gasteiger charge is -2.25. The highest BCUT2D eigenvalue weighted by atomic mass is 16.1. The lowest BCUT2D eigenvalue weighted by molar-refractivity contribution is 0.445. The fourth-order valence-electron chi connectivity index (χ4n) is 4.50. The minimum Gasteiger partial charge on any atom is -0.312 e. The first kappa shape index (κ1) is 17.8. The second-order valence-corrected chi connectivity index (χ2v) is 8.03. The zero-order chi connectivity index (χ0) is 20.0. The van der Waals surface area contributed by atoms with Gasteiger partial charge in [0, 0.05) is 36.0 Å². The molecule has 5 rings (SSSR count). The molecule has 0 amide bonds. The Kier molecular flexibility index (Phi) is 4.24. The van der Waals surface area contributed by atoms with E-state index >= 15 is 0 Å². The molecule has 142 valence electrons. The van der Waals surface area contributed by atoms with Gasteiger partial charge in [0.2, 0.25) is 0 Å². The van der Waals surface area contributed by atoms with E-state index in [-0.39, 0.29) is 18.3 Å². The molecular weight excluding hydrogens is 359 g/mol. The van der Waals surface area contributed by atoms with Crippen molar-refractivity contribution in [3.8, 4) is 17.1 Å². The molecule has 1 aliphatic rings. The quantitative estimate of drug-likeness (QED) is 0.481. The molecule has 5 nitrogen and oxygen atoms in total. The van der Waals surface area contributed by atoms with Crippen molar-refractivity contribution in [2.45, 2.75) is 38.4 Å². The van der Waals surface area contributed by atoms with Crippen LogP contribution < -0.4 is 5.56 Å². The summed E-state index contributed by atoms with van der Waals surface area (Å²) in [5.74, 6) is 2.36. The number of imidazole rings is 1. The number of pyridine rings is 2. The number of nitrogens with zero attached hydrogens (tertiary/aromatic N) is 4. The highest BCUT2D eigenvalue weighted by molar-refractivity contribution is 6.67. The van der Waals surface area contributed by atoms with Crippen LogP contribution in [-0.2, 0) is 0 Å². The van der Waals surface area contributed by atoms with Crippen molar-refractivity contribution in [2.24, 2.45) is 0 Å². The topological polar surface area (TPSA) is 63.1 Å². The molecule has 1 aromatic carbocycles. The number of aryl methyl sites for hydroxylation is 1. The van der Waals surface area contributed by atoms with E-state index in [0.717, 1.165) is 58.7 Å². The van der Waals surface area contributed by atoms with Crippen LogP contribution in [0.5, 0.6) is 0 Å². The average Bonchev–Trinajstić information content (AvgIpc) is 3.13. The Morgan fingerprint density at radius 2 is 1.90 bits per heavy atom. The molecule has 4 heterocycles. The maximum atomic E-state index is 13.1. The second kappa shape index (κ2) is 6.93. The number of aromatic nitrogens is 3. The summed E-state index contributed by atoms with van der Waals surface area (Å²) in [6.45, 7) is 2.13. The van der Waals surface area contributed by atoms with Gasteiger partial charge in [-0.05, 0) is 66.6 Å². The highest BCUT2D eigenvalue weighted by Gasteiger charge is 2.25. The summed E-state index contributed by atoms with van der Waals surface area (Å²) in [4.78, 5) is 17.6. The van der Waals surface area contributed by atoms with Gasteiger partial charge in [0.1, 0.15) is 5.65 Å². The Bertz CT molecular complexity index is 1320. The van der Waals surface area contributed by atoms with Crippen molar-refractivity contribution in [3.05, 3.63) is 71.0 Å². The van der Waals surface area contributed by atoms with Gasteiger partial charge < -0.3 is 8.97 Å². The van der Waals surface area contributed by atoms with Gasteiger partial charge in [-0.2, -0.15) is 0 Å². The first-order valence-corrected chi connectivity index (χ1v) is 10.1. The summed E-state index contributed by atoms with van der Waals surface area (Å²) in [5.41, 5.74) is 4.16. The van der Waals surface area contributed by atoms with E-state index < -0.39 is 0 Å². The minimum atomic E-state index is 0.0649. The Hall–Kier alpha value is -3.33. The van der Waals surface area contributed by atoms with E-state index in [1.807, 2.05) is 52.6 Å². The molecule has 0 atom stereocenters. The van der Waals surface area contributed by atoms with Crippen LogP contribution in [0.15, 0.2) is 59.8 Å². The first-order chi connectivity index (χ1) is 14.1. The van der Waals surface area contributed by atoms with Crippen molar-refractivity contribution < 1.29 is 0 Å². The van der Waals surface area contributed by atoms with Gasteiger partial charge in [0.05, 0.1) is 5.69 Å². The van der Waals surface area contributed by atoms with Gasteiger partial charge in [-0.1, -0.05) is 18.7 Å². The van der Waals surface area contributed by atoms with E-state index in [1.54, 1.807) is 0 Å². The molecule has 3 aromatic heterocycles. The minimum absolute atomic E-state index is 0.0649. The van der Waals surface area contributed by atoms with Crippen LogP contribution in [0.25, 0.3) is 27.5 Å². The fourth-order valence-corrected chi connectivity index (χ4v) is 4.50. The molecule has 0 unspecified atom stereocenters. The Balaban J connectivity index is 1.51. The molecule has 0 N–H and O–H groups in total. The molecule has 6 heteroatoms. The van der Waals surface area contributed by atoms with Crippen LogP contribution in [0.1, 0.15) is 24.6 Å². The lowest BCUT2D eigenvalue weighted by Crippen LogP contribution is -2.29. The summed E-state index contributed by atoms with van der Waals surface area (Å²) >= 11 is 0. The van der Waals surface area contributed by atoms with Gasteiger partial charge in [-0.3, -0.25) is 4.79 Å². The lowest BCUT2D eigenvalue weighted by atomic mass is 9.42. The Morgan fingerprint density at radius 1 is 1.10 bits per heavy atom. The highest BCUT2D eigenvalue weighted by Crippen LogP contribution is 2.29. The van der Waals surface area contributed by atoms with E-state index in [2.05, 4.69) is 29.3 Å². The van der Waals surface area contributed by atoms with Crippen LogP contribution in [0.3, 0.4) is 0 Å². The standard InChI is InChI=1S/C23H21BN4O/c1-16-13-27-14-19(3-5-22(27)26-16)17-2-4-21-18(12-17)8-11-28(23(21)29)20-6-9-24(15-25)10-7-20/h2-5,8,11-14,20H,6-7,9-10H2,1H3. The molecule has 0 bridgehead atoms. The molecule has 4 aromatic rings. The van der Waals surface area contributed by atoms with E-state index in [1.165, 1.54) is 0 Å². The zero-order valence-electron chi connectivity index (χ0n) is 16.4. The summed E-state index contributed by atoms with van der Waals surface area (Å²) < 4.78 is 3.90. The van der Waals surface area contributed by atoms with Crippen LogP contribution in [0.4, 0.5) is 0 Å². The van der Waals surface area contributed by atoms with Gasteiger partial charge in [-0.25, -0.2) is 10.2 Å². The van der Waals surface area contributed by atoms with E-state index in [4.69, 9.17) is 5.26 Å². The molecule has 0 radical (unpaired) electrons. The number of hydrogen-bond donors (Lipinski definition) is 0. The third kappa shape index (κ3) is 3.13. The summed E-state index contributed by atoms with van der Waals surface area (Å²) in [6.07, 6.45) is 9.55. The summed E-state index contributed by atoms with van der Waals surface area (Å²) in [5, 5.41) is 10.8. The average molecular weight is 380 g/mol. The molecule has 0 aliphatic carbocycles. The third-order valence-corrected chi connectivity index (χ3v) is 6.11. The monoisotopic (exact) mass is 380 g/mol. The molecule has 1 aliphatic heterocycles. The number of hydrogen-bond acceptors (Lipinski definition) is 3. The van der Waals surface area contributed by atoms with Crippen molar-refractivity contribution in [1.82, 2.24) is 14.0 Å². The molecule has 1 fully saturated rings. The number of nitriles is 1. The molecule has 1 saturated heterocycles. The largest absolute Gasteiger partial charge is 0.312 e. The van der Waals surface area contributed by atoms with Gasteiger partial charge in [0.15, 0.2) is 0 Å². The number of rotatable bonds is 2. The van der Waals surface area contributed by atoms with Crippen LogP contribution in [0.2, 0.25) is 12.6 Å². The molecule has 0 spiro atoms. The predicted octanol–water partition coefficient (Wildman–Crippen LogP) is 4.52. The maximum Gasteiger partial charge on any atom is 0.268 e. The van der Waals surface area contributed by atoms with Crippen molar-refractivity contribution >= 4 is 23.1 Å². The third-order valence-electron chi connectivity index (χ3n) is 6.11. The Morgan fingerprint density at radius 3 is 2.69 bits per heavy atom. The van der Waals surface area contributed by atoms with E-state index in [9.17, 15) is 4.79 Å². The van der Waals surface area contributed by atoms with E-state index in [0.29, 0.717) is 0 Å². The molecule has 29 heavy (non-hydrogen) atoms. The van der Waals surface area contributed by atoms with Crippen molar-refractivity contribution in [2.75, 3.05) is 0 Å². The summed E-state index contributed by atoms with van der Waals surface area (Å²) in [6, 6.07) is 12.4. The normalized spacial score (nSPS) is 15.1. The van der Waals surface area contributed by atoms with Gasteiger partial charge in [0.25, 0.3) is 12.3 Å². The van der Waals surface area contributed by atoms with Crippen LogP contribution in [0, 0.1) is 18.2 Å². The maximum absolute atomic E-state index is 13.1. The smallest absolute Gasteiger partial charge is 0.268 e. The number of benzene rings is 1. The second-order valence-electron chi connectivity index (χ2n) is 8.03. The number of fused-ring (bicyclic) bond motifs is 2. The molecular formula is C23H21BN4O.